The molecule has 1 N–H and O–H groups in total. The fourth-order valence-corrected chi connectivity index (χ4v) is 6.45. The first-order chi connectivity index (χ1) is 19.2. The van der Waals surface area contributed by atoms with Gasteiger partial charge in [-0.15, -0.1) is 0 Å². The van der Waals surface area contributed by atoms with Gasteiger partial charge in [0, 0.05) is 17.9 Å². The fourth-order valence-electron chi connectivity index (χ4n) is 4.71. The monoisotopic (exact) mass is 598 g/mol. The van der Waals surface area contributed by atoms with Crippen LogP contribution >= 0.6 is 11.6 Å². The van der Waals surface area contributed by atoms with E-state index in [1.807, 2.05) is 51.1 Å². The van der Waals surface area contributed by atoms with Crippen molar-refractivity contribution < 1.29 is 27.2 Å². The van der Waals surface area contributed by atoms with E-state index in [0.717, 1.165) is 17.7 Å². The number of carbonyl (C=O) groups is 3. The first kappa shape index (κ1) is 30.4. The molecule has 7 nitrogen and oxygen atoms in total. The average molecular weight is 599 g/mol. The third-order valence-corrected chi connectivity index (χ3v) is 8.71. The highest BCUT2D eigenvalue weighted by molar-refractivity contribution is 7.91. The van der Waals surface area contributed by atoms with Gasteiger partial charge >= 0.3 is 0 Å². The SMILES string of the molecule is CC(C)(C)CC(=O)N[C@H]1CS(=O)(=O)c2cc(F)c(C(=O)CCc3ccccc3)cc2N(Cc2ccc(Cl)cc2)C1=O. The third-order valence-electron chi connectivity index (χ3n) is 6.69. The van der Waals surface area contributed by atoms with Gasteiger partial charge in [0.25, 0.3) is 5.91 Å². The Bertz CT molecular complexity index is 1570. The maximum absolute atomic E-state index is 15.3. The number of hydrogen-bond donors (Lipinski definition) is 1. The Labute approximate surface area is 244 Å². The predicted molar refractivity (Wildman–Crippen MR) is 156 cm³/mol. The molecule has 0 aliphatic carbocycles. The van der Waals surface area contributed by atoms with Crippen LogP contribution in [-0.4, -0.2) is 37.8 Å². The molecule has 0 unspecified atom stereocenters. The highest BCUT2D eigenvalue weighted by Gasteiger charge is 2.40. The molecular formula is C31H32ClFN2O5S. The quantitative estimate of drug-likeness (QED) is 0.343. The molecule has 0 bridgehead atoms. The molecule has 10 heteroatoms. The highest BCUT2D eigenvalue weighted by atomic mass is 35.5. The normalized spacial score (nSPS) is 16.6. The van der Waals surface area contributed by atoms with Crippen molar-refractivity contribution in [3.05, 3.63) is 94.3 Å². The number of amides is 2. The van der Waals surface area contributed by atoms with Gasteiger partial charge in [-0.3, -0.25) is 14.4 Å². The number of aryl methyl sites for hydroxylation is 1. The Kier molecular flexibility index (Phi) is 8.99. The Morgan fingerprint density at radius 2 is 1.68 bits per heavy atom. The molecule has 3 aromatic carbocycles. The summed E-state index contributed by atoms with van der Waals surface area (Å²) in [5.41, 5.74) is 0.697. The number of halogens is 2. The minimum absolute atomic E-state index is 0.0108. The maximum atomic E-state index is 15.3. The van der Waals surface area contributed by atoms with E-state index in [1.165, 1.54) is 4.90 Å². The Morgan fingerprint density at radius 3 is 2.32 bits per heavy atom. The van der Waals surface area contributed by atoms with Gasteiger partial charge in [0.1, 0.15) is 11.9 Å². The molecule has 216 valence electrons. The summed E-state index contributed by atoms with van der Waals surface area (Å²) in [6.45, 7) is 5.45. The average Bonchev–Trinajstić information content (AvgIpc) is 2.96. The summed E-state index contributed by atoms with van der Waals surface area (Å²) < 4.78 is 42.4. The van der Waals surface area contributed by atoms with Crippen LogP contribution < -0.4 is 10.2 Å². The van der Waals surface area contributed by atoms with Crippen LogP contribution in [0.5, 0.6) is 0 Å². The molecule has 3 aromatic rings. The summed E-state index contributed by atoms with van der Waals surface area (Å²) >= 11 is 6.02. The first-order valence-electron chi connectivity index (χ1n) is 13.2. The smallest absolute Gasteiger partial charge is 0.250 e. The minimum atomic E-state index is -4.25. The molecule has 1 aliphatic rings. The number of nitrogens with zero attached hydrogens (tertiary/aromatic N) is 1. The number of sulfone groups is 1. The summed E-state index contributed by atoms with van der Waals surface area (Å²) in [6.07, 6.45) is 0.419. The summed E-state index contributed by atoms with van der Waals surface area (Å²) in [4.78, 5) is 40.6. The van der Waals surface area contributed by atoms with Crippen molar-refractivity contribution in [3.63, 3.8) is 0 Å². The molecule has 41 heavy (non-hydrogen) atoms. The molecular weight excluding hydrogens is 567 g/mol. The van der Waals surface area contributed by atoms with Gasteiger partial charge in [0.2, 0.25) is 5.91 Å². The second-order valence-corrected chi connectivity index (χ2v) is 13.8. The molecule has 1 atom stereocenters. The van der Waals surface area contributed by atoms with Gasteiger partial charge in [-0.05, 0) is 47.2 Å². The summed E-state index contributed by atoms with van der Waals surface area (Å²) in [5.74, 6) is -3.42. The highest BCUT2D eigenvalue weighted by Crippen LogP contribution is 2.35. The van der Waals surface area contributed by atoms with Crippen LogP contribution in [0, 0.1) is 11.2 Å². The van der Waals surface area contributed by atoms with Crippen LogP contribution in [0.25, 0.3) is 0 Å². The molecule has 1 heterocycles. The molecule has 2 amide bonds. The van der Waals surface area contributed by atoms with Crippen molar-refractivity contribution in [2.45, 2.75) is 57.5 Å². The van der Waals surface area contributed by atoms with E-state index in [2.05, 4.69) is 5.32 Å². The van der Waals surface area contributed by atoms with Crippen LogP contribution in [0.1, 0.15) is 55.1 Å². The first-order valence-corrected chi connectivity index (χ1v) is 15.3. The maximum Gasteiger partial charge on any atom is 0.250 e. The van der Waals surface area contributed by atoms with E-state index < -0.39 is 55.4 Å². The van der Waals surface area contributed by atoms with Crippen molar-refractivity contribution in [3.8, 4) is 0 Å². The van der Waals surface area contributed by atoms with Crippen LogP contribution in [0.4, 0.5) is 10.1 Å². The summed E-state index contributed by atoms with van der Waals surface area (Å²) in [6, 6.07) is 16.4. The number of ketones is 1. The number of benzene rings is 3. The lowest BCUT2D eigenvalue weighted by molar-refractivity contribution is -0.128. The second kappa shape index (κ2) is 12.1. The van der Waals surface area contributed by atoms with Gasteiger partial charge in [0.15, 0.2) is 15.6 Å². The van der Waals surface area contributed by atoms with Gasteiger partial charge in [-0.1, -0.05) is 74.8 Å². The Balaban J connectivity index is 1.76. The largest absolute Gasteiger partial charge is 0.343 e. The lowest BCUT2D eigenvalue weighted by Crippen LogP contribution is -2.50. The Hall–Kier alpha value is -3.56. The van der Waals surface area contributed by atoms with E-state index in [-0.39, 0.29) is 30.6 Å². The van der Waals surface area contributed by atoms with Gasteiger partial charge in [-0.25, -0.2) is 12.8 Å². The zero-order valence-corrected chi connectivity index (χ0v) is 24.7. The van der Waals surface area contributed by atoms with Gasteiger partial charge < -0.3 is 10.2 Å². The third kappa shape index (κ3) is 7.59. The topological polar surface area (TPSA) is 101 Å². The van der Waals surface area contributed by atoms with Gasteiger partial charge in [0.05, 0.1) is 28.4 Å². The van der Waals surface area contributed by atoms with E-state index in [9.17, 15) is 22.8 Å². The number of hydrogen-bond acceptors (Lipinski definition) is 5. The van der Waals surface area contributed by atoms with Crippen LogP contribution in [-0.2, 0) is 32.4 Å². The molecule has 1 aliphatic heterocycles. The van der Waals surface area contributed by atoms with E-state index in [0.29, 0.717) is 17.0 Å². The van der Waals surface area contributed by atoms with Crippen molar-refractivity contribution >= 4 is 44.7 Å². The minimum Gasteiger partial charge on any atom is -0.343 e. The van der Waals surface area contributed by atoms with E-state index >= 15 is 4.39 Å². The molecule has 4 rings (SSSR count). The Morgan fingerprint density at radius 1 is 1.02 bits per heavy atom. The van der Waals surface area contributed by atoms with Crippen LogP contribution in [0.15, 0.2) is 71.6 Å². The standard InChI is InChI=1S/C31H32ClFN2O5S/c1-31(2,3)17-29(37)34-25-19-41(39,40)28-16-24(33)23(27(36)14-11-20-7-5-4-6-8-20)15-26(28)35(30(25)38)18-21-9-12-22(32)13-10-21/h4-10,12-13,15-16,25H,11,14,17-19H2,1-3H3,(H,34,37)/t25-/m0/s1. The molecule has 0 saturated heterocycles. The van der Waals surface area contributed by atoms with Crippen molar-refractivity contribution in [1.29, 1.82) is 0 Å². The molecule has 0 radical (unpaired) electrons. The number of nitrogens with one attached hydrogen (secondary N) is 1. The second-order valence-electron chi connectivity index (χ2n) is 11.4. The molecule has 0 fully saturated rings. The molecule has 0 aromatic heterocycles. The number of Topliss-reactive ketones (excluding diaryl/α,β-unsaturated/α-hetero) is 1. The lowest BCUT2D eigenvalue weighted by Gasteiger charge is -2.27. The number of rotatable bonds is 8. The summed E-state index contributed by atoms with van der Waals surface area (Å²) in [5, 5.41) is 3.05. The van der Waals surface area contributed by atoms with Crippen LogP contribution in [0.2, 0.25) is 5.02 Å². The number of fused-ring (bicyclic) bond motifs is 1. The van der Waals surface area contributed by atoms with Crippen LogP contribution in [0.3, 0.4) is 0 Å². The van der Waals surface area contributed by atoms with Crippen molar-refractivity contribution in [1.82, 2.24) is 5.32 Å². The molecule has 0 spiro atoms. The van der Waals surface area contributed by atoms with Gasteiger partial charge in [-0.2, -0.15) is 0 Å². The lowest BCUT2D eigenvalue weighted by atomic mass is 9.92. The predicted octanol–water partition coefficient (Wildman–Crippen LogP) is 5.54. The fraction of sp³-hybridized carbons (Fsp3) is 0.323. The number of anilines is 1. The zero-order chi connectivity index (χ0) is 29.9. The van der Waals surface area contributed by atoms with E-state index in [4.69, 9.17) is 11.6 Å². The zero-order valence-electron chi connectivity index (χ0n) is 23.1. The van der Waals surface area contributed by atoms with Crippen molar-refractivity contribution in [2.75, 3.05) is 10.7 Å². The van der Waals surface area contributed by atoms with E-state index in [1.54, 1.807) is 24.3 Å². The van der Waals surface area contributed by atoms with Crippen molar-refractivity contribution in [2.24, 2.45) is 5.41 Å². The molecule has 0 saturated carbocycles. The summed E-state index contributed by atoms with van der Waals surface area (Å²) in [7, 11) is -4.25. The number of carbonyl (C=O) groups excluding carboxylic acids is 3.